The lowest BCUT2D eigenvalue weighted by Crippen LogP contribution is -2.70. The summed E-state index contributed by atoms with van der Waals surface area (Å²) in [5.41, 5.74) is -0.359. The molecule has 2 aromatic rings. The van der Waals surface area contributed by atoms with E-state index in [1.54, 1.807) is 7.05 Å². The van der Waals surface area contributed by atoms with Gasteiger partial charge in [0.2, 0.25) is 11.1 Å². The van der Waals surface area contributed by atoms with Gasteiger partial charge < -0.3 is 10.4 Å². The second kappa shape index (κ2) is 9.10. The molecule has 36 heavy (non-hydrogen) atoms. The molecule has 0 spiro atoms. The van der Waals surface area contributed by atoms with Crippen LogP contribution in [0.25, 0.3) is 0 Å². The highest BCUT2D eigenvalue weighted by atomic mass is 32.2. The molecular weight excluding hydrogens is 525 g/mol. The van der Waals surface area contributed by atoms with Crippen LogP contribution in [0.1, 0.15) is 30.1 Å². The third-order valence-electron chi connectivity index (χ3n) is 5.91. The molecule has 0 unspecified atom stereocenters. The molecular formula is C19H19F3N8O4S2. The van der Waals surface area contributed by atoms with Crippen molar-refractivity contribution in [1.29, 1.82) is 0 Å². The first-order valence-corrected chi connectivity index (χ1v) is 12.8. The fourth-order valence-electron chi connectivity index (χ4n) is 4.05. The zero-order valence-corrected chi connectivity index (χ0v) is 20.2. The number of nitrogens with zero attached hydrogens (tertiary/aromatic N) is 7. The van der Waals surface area contributed by atoms with Gasteiger partial charge in [-0.3, -0.25) is 19.2 Å². The van der Waals surface area contributed by atoms with Crippen LogP contribution in [-0.2, 0) is 34.2 Å². The van der Waals surface area contributed by atoms with E-state index in [4.69, 9.17) is 0 Å². The predicted octanol–water partition coefficient (Wildman–Crippen LogP) is 0.834. The number of nitrogens with one attached hydrogen (secondary N) is 1. The average molecular weight is 545 g/mol. The van der Waals surface area contributed by atoms with Gasteiger partial charge >= 0.3 is 12.1 Å². The molecule has 4 heterocycles. The number of tetrazole rings is 1. The summed E-state index contributed by atoms with van der Waals surface area (Å²) in [7, 11) is 1.65. The molecule has 2 fully saturated rings. The van der Waals surface area contributed by atoms with E-state index >= 15 is 0 Å². The number of fused-ring (bicyclic) bond motifs is 1. The molecule has 1 saturated carbocycles. The van der Waals surface area contributed by atoms with Crippen molar-refractivity contribution in [3.8, 4) is 0 Å². The number of hydrogen-bond acceptors (Lipinski definition) is 9. The molecule has 192 valence electrons. The summed E-state index contributed by atoms with van der Waals surface area (Å²) in [6.45, 7) is -0.474. The number of aryl methyl sites for hydroxylation is 1. The summed E-state index contributed by atoms with van der Waals surface area (Å²) in [6, 6.07) is -0.0327. The van der Waals surface area contributed by atoms with Gasteiger partial charge in [-0.15, -0.1) is 16.9 Å². The van der Waals surface area contributed by atoms with Gasteiger partial charge in [0.15, 0.2) is 5.69 Å². The summed E-state index contributed by atoms with van der Waals surface area (Å²) >= 11 is 2.53. The number of carbonyl (C=O) groups is 3. The number of aromatic nitrogens is 6. The number of β-lactam (4-membered cyclic amide) rings is 1. The summed E-state index contributed by atoms with van der Waals surface area (Å²) in [4.78, 5) is 38.6. The highest BCUT2D eigenvalue weighted by Crippen LogP contribution is 2.43. The highest BCUT2D eigenvalue weighted by Gasteiger charge is 2.54. The van der Waals surface area contributed by atoms with Crippen molar-refractivity contribution in [2.24, 2.45) is 7.05 Å². The molecule has 2 aliphatic heterocycles. The zero-order chi connectivity index (χ0) is 25.8. The van der Waals surface area contributed by atoms with Crippen LogP contribution in [-0.4, -0.2) is 80.7 Å². The Kier molecular flexibility index (Phi) is 6.22. The van der Waals surface area contributed by atoms with E-state index in [9.17, 15) is 32.7 Å². The smallest absolute Gasteiger partial charge is 0.435 e. The maximum atomic E-state index is 13.1. The minimum atomic E-state index is -4.63. The standard InChI is InChI=1S/C19H19F3N8O4S2/c1-28-18(24-26-27-28)36-7-9-6-35-16-13(15(32)30(16)14(9)17(33)34)23-12(31)5-29-10(8-2-3-8)4-11(25-29)19(20,21)22/h4,8,13,16H,2-3,5-7H2,1H3,(H,23,31)(H,33,34)/t13-,16-/m1/s1. The van der Waals surface area contributed by atoms with Gasteiger partial charge in [0, 0.05) is 30.2 Å². The van der Waals surface area contributed by atoms with E-state index in [1.165, 1.54) is 28.2 Å². The lowest BCUT2D eigenvalue weighted by molar-refractivity contribution is -0.150. The van der Waals surface area contributed by atoms with Gasteiger partial charge in [-0.2, -0.15) is 18.3 Å². The summed E-state index contributed by atoms with van der Waals surface area (Å²) < 4.78 is 41.8. The van der Waals surface area contributed by atoms with Crippen LogP contribution >= 0.6 is 23.5 Å². The Morgan fingerprint density at radius 2 is 2.08 bits per heavy atom. The molecule has 2 atom stereocenters. The topological polar surface area (TPSA) is 148 Å². The van der Waals surface area contributed by atoms with Gasteiger partial charge in [0.25, 0.3) is 5.91 Å². The molecule has 0 radical (unpaired) electrons. The van der Waals surface area contributed by atoms with Crippen LogP contribution in [0, 0.1) is 0 Å². The van der Waals surface area contributed by atoms with Crippen LogP contribution in [0.15, 0.2) is 22.5 Å². The number of hydrogen-bond donors (Lipinski definition) is 2. The van der Waals surface area contributed by atoms with Gasteiger partial charge in [-0.05, 0) is 34.9 Å². The van der Waals surface area contributed by atoms with Crippen molar-refractivity contribution in [3.05, 3.63) is 28.7 Å². The van der Waals surface area contributed by atoms with Gasteiger partial charge in [-0.1, -0.05) is 11.8 Å². The predicted molar refractivity (Wildman–Crippen MR) is 118 cm³/mol. The molecule has 3 aliphatic rings. The third-order valence-corrected chi connectivity index (χ3v) is 8.35. The second-order valence-corrected chi connectivity index (χ2v) is 10.5. The number of halogens is 3. The van der Waals surface area contributed by atoms with E-state index in [-0.39, 0.29) is 17.4 Å². The van der Waals surface area contributed by atoms with Gasteiger partial charge in [0.1, 0.15) is 23.7 Å². The van der Waals surface area contributed by atoms with Crippen LogP contribution in [0.3, 0.4) is 0 Å². The van der Waals surface area contributed by atoms with Gasteiger partial charge in [-0.25, -0.2) is 9.48 Å². The zero-order valence-electron chi connectivity index (χ0n) is 18.6. The molecule has 12 nitrogen and oxygen atoms in total. The van der Waals surface area contributed by atoms with Crippen molar-refractivity contribution in [2.45, 2.75) is 48.1 Å². The Bertz CT molecular complexity index is 1270. The average Bonchev–Trinajstić information content (AvgIpc) is 3.44. The number of carboxylic acids is 1. The maximum absolute atomic E-state index is 13.1. The SMILES string of the molecule is Cn1nnnc1SCC1=C(C(=O)O)N2C(=O)[C@@H](NC(=O)Cn3nc(C(F)(F)F)cc3C3CC3)[C@H]2SC1. The number of carboxylic acid groups (broad SMARTS) is 1. The monoisotopic (exact) mass is 544 g/mol. The number of amides is 2. The fraction of sp³-hybridized carbons (Fsp3) is 0.526. The number of aliphatic carboxylic acids is 1. The second-order valence-electron chi connectivity index (χ2n) is 8.47. The number of rotatable bonds is 8. The minimum Gasteiger partial charge on any atom is -0.477 e. The molecule has 2 N–H and O–H groups in total. The first-order chi connectivity index (χ1) is 17.0. The van der Waals surface area contributed by atoms with E-state index in [1.807, 2.05) is 0 Å². The molecule has 0 aromatic carbocycles. The van der Waals surface area contributed by atoms with E-state index in [0.29, 0.717) is 22.2 Å². The van der Waals surface area contributed by atoms with Crippen molar-refractivity contribution in [1.82, 2.24) is 40.2 Å². The summed E-state index contributed by atoms with van der Waals surface area (Å²) in [6.07, 6.45) is -3.19. The molecule has 0 bridgehead atoms. The Labute approximate surface area is 209 Å². The summed E-state index contributed by atoms with van der Waals surface area (Å²) in [5.74, 6) is -2.06. The molecule has 2 aromatic heterocycles. The van der Waals surface area contributed by atoms with Crippen molar-refractivity contribution >= 4 is 41.3 Å². The van der Waals surface area contributed by atoms with Crippen LogP contribution in [0.5, 0.6) is 0 Å². The maximum Gasteiger partial charge on any atom is 0.435 e. The van der Waals surface area contributed by atoms with Crippen LogP contribution < -0.4 is 5.32 Å². The van der Waals surface area contributed by atoms with Crippen LogP contribution in [0.2, 0.25) is 0 Å². The highest BCUT2D eigenvalue weighted by molar-refractivity contribution is 8.01. The first kappa shape index (κ1) is 24.6. The lowest BCUT2D eigenvalue weighted by atomic mass is 10.0. The quantitative estimate of drug-likeness (QED) is 0.362. The van der Waals surface area contributed by atoms with E-state index in [2.05, 4.69) is 25.9 Å². The minimum absolute atomic E-state index is 0.0759. The molecule has 17 heteroatoms. The molecule has 1 aliphatic carbocycles. The number of alkyl halides is 3. The largest absolute Gasteiger partial charge is 0.477 e. The Morgan fingerprint density at radius 3 is 2.69 bits per heavy atom. The normalized spacial score (nSPS) is 21.9. The van der Waals surface area contributed by atoms with E-state index < -0.39 is 47.6 Å². The molecule has 2 amide bonds. The van der Waals surface area contributed by atoms with Gasteiger partial charge in [0.05, 0.1) is 0 Å². The first-order valence-electron chi connectivity index (χ1n) is 10.7. The Morgan fingerprint density at radius 1 is 1.33 bits per heavy atom. The van der Waals surface area contributed by atoms with E-state index in [0.717, 1.165) is 28.5 Å². The number of thioether (sulfide) groups is 2. The lowest BCUT2D eigenvalue weighted by Gasteiger charge is -2.49. The Balaban J connectivity index is 1.26. The fourth-order valence-corrected chi connectivity index (χ4v) is 6.38. The molecule has 1 saturated heterocycles. The third kappa shape index (κ3) is 4.56. The van der Waals surface area contributed by atoms with Crippen molar-refractivity contribution in [2.75, 3.05) is 11.5 Å². The summed E-state index contributed by atoms with van der Waals surface area (Å²) in [5, 5.41) is 26.8. The van der Waals surface area contributed by atoms with Crippen molar-refractivity contribution in [3.63, 3.8) is 0 Å². The molecule has 5 rings (SSSR count). The van der Waals surface area contributed by atoms with Crippen LogP contribution in [0.4, 0.5) is 13.2 Å². The number of carbonyl (C=O) groups excluding carboxylic acids is 2. The van der Waals surface area contributed by atoms with Crippen molar-refractivity contribution < 1.29 is 32.7 Å². The Hall–Kier alpha value is -3.08.